The van der Waals surface area contributed by atoms with Gasteiger partial charge in [0.25, 0.3) is 0 Å². The Morgan fingerprint density at radius 1 is 1.08 bits per heavy atom. The smallest absolute Gasteiger partial charge is 0.411 e. The molecular formula is C20H23NO4. The molecule has 132 valence electrons. The van der Waals surface area contributed by atoms with E-state index in [0.717, 1.165) is 35.7 Å². The summed E-state index contributed by atoms with van der Waals surface area (Å²) in [7, 11) is 3.35. The van der Waals surface area contributed by atoms with Crippen LogP contribution in [-0.4, -0.2) is 32.2 Å². The van der Waals surface area contributed by atoms with Crippen LogP contribution >= 0.6 is 0 Å². The van der Waals surface area contributed by atoms with Crippen LogP contribution in [-0.2, 0) is 14.2 Å². The summed E-state index contributed by atoms with van der Waals surface area (Å²) >= 11 is 0. The summed E-state index contributed by atoms with van der Waals surface area (Å²) in [5.74, 6) is -0.238. The first-order valence-electron chi connectivity index (χ1n) is 8.73. The number of hydrogen-bond donors (Lipinski definition) is 1. The lowest BCUT2D eigenvalue weighted by molar-refractivity contribution is -0.239. The first-order valence-corrected chi connectivity index (χ1v) is 8.73. The summed E-state index contributed by atoms with van der Waals surface area (Å²) in [6, 6.07) is 13.8. The van der Waals surface area contributed by atoms with Crippen LogP contribution in [0.3, 0.4) is 0 Å². The molecule has 0 saturated heterocycles. The third-order valence-corrected chi connectivity index (χ3v) is 5.80. The van der Waals surface area contributed by atoms with Crippen molar-refractivity contribution in [2.45, 2.75) is 31.2 Å². The zero-order valence-electron chi connectivity index (χ0n) is 14.5. The number of hydrogen-bond acceptors (Lipinski definition) is 4. The van der Waals surface area contributed by atoms with Gasteiger partial charge in [-0.15, -0.1) is 0 Å². The van der Waals surface area contributed by atoms with Crippen LogP contribution < -0.4 is 5.32 Å². The Morgan fingerprint density at radius 3 is 2.60 bits per heavy atom. The Balaban J connectivity index is 1.48. The van der Waals surface area contributed by atoms with Crippen LogP contribution in [0, 0.1) is 11.8 Å². The lowest BCUT2D eigenvalue weighted by Crippen LogP contribution is -2.41. The molecule has 2 bridgehead atoms. The number of anilines is 1. The monoisotopic (exact) mass is 341 g/mol. The number of nitrogens with one attached hydrogen (secondary N) is 1. The van der Waals surface area contributed by atoms with Gasteiger partial charge in [0, 0.05) is 25.5 Å². The van der Waals surface area contributed by atoms with Crippen molar-refractivity contribution in [3.05, 3.63) is 42.5 Å². The van der Waals surface area contributed by atoms with Crippen molar-refractivity contribution in [3.8, 4) is 0 Å². The summed E-state index contributed by atoms with van der Waals surface area (Å²) in [5, 5.41) is 4.97. The molecule has 0 heterocycles. The van der Waals surface area contributed by atoms with Gasteiger partial charge in [0.1, 0.15) is 6.10 Å². The van der Waals surface area contributed by atoms with Gasteiger partial charge in [-0.1, -0.05) is 36.4 Å². The Morgan fingerprint density at radius 2 is 1.84 bits per heavy atom. The molecule has 0 unspecified atom stereocenters. The van der Waals surface area contributed by atoms with E-state index in [1.54, 1.807) is 14.2 Å². The molecule has 4 rings (SSSR count). The number of rotatable bonds is 4. The van der Waals surface area contributed by atoms with Gasteiger partial charge < -0.3 is 14.2 Å². The molecular weight excluding hydrogens is 318 g/mol. The van der Waals surface area contributed by atoms with E-state index in [1.807, 2.05) is 42.5 Å². The number of ether oxygens (including phenoxy) is 3. The Kier molecular flexibility index (Phi) is 4.13. The molecule has 1 amide bonds. The summed E-state index contributed by atoms with van der Waals surface area (Å²) < 4.78 is 17.1. The number of methoxy groups -OCH3 is 2. The maximum absolute atomic E-state index is 12.5. The van der Waals surface area contributed by atoms with E-state index in [0.29, 0.717) is 0 Å². The molecule has 25 heavy (non-hydrogen) atoms. The van der Waals surface area contributed by atoms with Crippen molar-refractivity contribution in [2.24, 2.45) is 11.8 Å². The molecule has 2 aliphatic carbocycles. The van der Waals surface area contributed by atoms with Crippen molar-refractivity contribution in [2.75, 3.05) is 19.5 Å². The second-order valence-electron chi connectivity index (χ2n) is 6.84. The Labute approximate surface area is 147 Å². The van der Waals surface area contributed by atoms with Gasteiger partial charge in [-0.3, -0.25) is 5.32 Å². The number of carbonyl (C=O) groups excluding carboxylic acids is 1. The van der Waals surface area contributed by atoms with Crippen LogP contribution in [0.2, 0.25) is 0 Å². The molecule has 0 aliphatic heterocycles. The molecule has 2 aliphatic rings. The molecule has 2 aromatic rings. The zero-order chi connectivity index (χ0) is 17.4. The molecule has 5 heteroatoms. The predicted octanol–water partition coefficient (Wildman–Crippen LogP) is 4.18. The van der Waals surface area contributed by atoms with Crippen molar-refractivity contribution in [3.63, 3.8) is 0 Å². The second kappa shape index (κ2) is 6.32. The van der Waals surface area contributed by atoms with E-state index < -0.39 is 11.9 Å². The fourth-order valence-electron chi connectivity index (χ4n) is 4.72. The fourth-order valence-corrected chi connectivity index (χ4v) is 4.72. The van der Waals surface area contributed by atoms with Crippen LogP contribution in [0.5, 0.6) is 0 Å². The highest BCUT2D eigenvalue weighted by Gasteiger charge is 2.61. The standard InChI is InChI=1S/C20H23NO4/c1-23-20(24-2)14-10-11-16(20)18(12-14)25-19(22)21-17-9-5-7-13-6-3-4-8-15(13)17/h3-9,14,16,18H,10-12H2,1-2H3,(H,21,22)/t14-,16+,18+/m1/s1. The summed E-state index contributed by atoms with van der Waals surface area (Å²) in [4.78, 5) is 12.5. The van der Waals surface area contributed by atoms with Crippen LogP contribution in [0.1, 0.15) is 19.3 Å². The van der Waals surface area contributed by atoms with Crippen molar-refractivity contribution < 1.29 is 19.0 Å². The normalized spacial score (nSPS) is 26.7. The molecule has 5 nitrogen and oxygen atoms in total. The largest absolute Gasteiger partial charge is 0.445 e. The zero-order valence-corrected chi connectivity index (χ0v) is 14.5. The van der Waals surface area contributed by atoms with E-state index >= 15 is 0 Å². The average molecular weight is 341 g/mol. The minimum Gasteiger partial charge on any atom is -0.445 e. The van der Waals surface area contributed by atoms with Gasteiger partial charge in [-0.2, -0.15) is 0 Å². The van der Waals surface area contributed by atoms with E-state index in [4.69, 9.17) is 14.2 Å². The molecule has 2 aromatic carbocycles. The van der Waals surface area contributed by atoms with Crippen LogP contribution in [0.15, 0.2) is 42.5 Å². The quantitative estimate of drug-likeness (QED) is 0.848. The van der Waals surface area contributed by atoms with Gasteiger partial charge >= 0.3 is 6.09 Å². The molecule has 2 fully saturated rings. The lowest BCUT2D eigenvalue weighted by Gasteiger charge is -2.31. The highest BCUT2D eigenvalue weighted by molar-refractivity contribution is 6.00. The Hall–Kier alpha value is -2.11. The Bertz CT molecular complexity index is 781. The first-order chi connectivity index (χ1) is 12.2. The van der Waals surface area contributed by atoms with Crippen molar-refractivity contribution in [1.29, 1.82) is 0 Å². The van der Waals surface area contributed by atoms with Crippen molar-refractivity contribution >= 4 is 22.6 Å². The lowest BCUT2D eigenvalue weighted by atomic mass is 9.98. The first kappa shape index (κ1) is 16.4. The number of amides is 1. The summed E-state index contributed by atoms with van der Waals surface area (Å²) in [6.45, 7) is 0. The van der Waals surface area contributed by atoms with Gasteiger partial charge in [-0.05, 0) is 30.7 Å². The maximum atomic E-state index is 12.5. The number of benzene rings is 2. The fraction of sp³-hybridized carbons (Fsp3) is 0.450. The van der Waals surface area contributed by atoms with E-state index in [-0.39, 0.29) is 17.9 Å². The highest BCUT2D eigenvalue weighted by atomic mass is 16.7. The maximum Gasteiger partial charge on any atom is 0.411 e. The van der Waals surface area contributed by atoms with Crippen LogP contribution in [0.4, 0.5) is 10.5 Å². The molecule has 3 atom stereocenters. The summed E-state index contributed by atoms with van der Waals surface area (Å²) in [6.07, 6.45) is 2.20. The average Bonchev–Trinajstić information content (AvgIpc) is 3.13. The van der Waals surface area contributed by atoms with Gasteiger partial charge in [0.05, 0.1) is 11.6 Å². The highest BCUT2D eigenvalue weighted by Crippen LogP contribution is 2.55. The summed E-state index contributed by atoms with van der Waals surface area (Å²) in [5.41, 5.74) is 0.760. The number of fused-ring (bicyclic) bond motifs is 3. The van der Waals surface area contributed by atoms with E-state index in [1.165, 1.54) is 0 Å². The van der Waals surface area contributed by atoms with E-state index in [2.05, 4.69) is 5.32 Å². The molecule has 2 saturated carbocycles. The van der Waals surface area contributed by atoms with Gasteiger partial charge in [-0.25, -0.2) is 4.79 Å². The SMILES string of the molecule is COC1(OC)[C@@H]2CC[C@H]1[C@@H](OC(=O)Nc1cccc3ccccc13)C2. The third kappa shape index (κ3) is 2.58. The predicted molar refractivity (Wildman–Crippen MR) is 95.4 cm³/mol. The number of carbonyl (C=O) groups is 1. The van der Waals surface area contributed by atoms with Gasteiger partial charge in [0.15, 0.2) is 5.79 Å². The minimum atomic E-state index is -0.607. The molecule has 0 aromatic heterocycles. The third-order valence-electron chi connectivity index (χ3n) is 5.80. The molecule has 0 spiro atoms. The van der Waals surface area contributed by atoms with Gasteiger partial charge in [0.2, 0.25) is 0 Å². The second-order valence-corrected chi connectivity index (χ2v) is 6.84. The molecule has 0 radical (unpaired) electrons. The van der Waals surface area contributed by atoms with Crippen molar-refractivity contribution in [1.82, 2.24) is 0 Å². The topological polar surface area (TPSA) is 56.8 Å². The molecule has 1 N–H and O–H groups in total. The van der Waals surface area contributed by atoms with Crippen LogP contribution in [0.25, 0.3) is 10.8 Å². The minimum absolute atomic E-state index is 0.0887. The van der Waals surface area contributed by atoms with E-state index in [9.17, 15) is 4.79 Å².